The van der Waals surface area contributed by atoms with E-state index in [2.05, 4.69) is 0 Å². The van der Waals surface area contributed by atoms with Gasteiger partial charge < -0.3 is 45.8 Å². The zero-order valence-corrected chi connectivity index (χ0v) is 30.9. The van der Waals surface area contributed by atoms with Gasteiger partial charge in [0.2, 0.25) is 0 Å². The lowest BCUT2D eigenvalue weighted by Crippen LogP contribution is -2.43. The van der Waals surface area contributed by atoms with Crippen molar-refractivity contribution in [3.8, 4) is 0 Å². The molecule has 318 valence electrons. The third-order valence-corrected chi connectivity index (χ3v) is 7.25. The van der Waals surface area contributed by atoms with Gasteiger partial charge in [0.1, 0.15) is 13.2 Å². The lowest BCUT2D eigenvalue weighted by Gasteiger charge is -2.24. The molecule has 0 unspecified atom stereocenters. The number of anilines is 1. The molecule has 24 heteroatoms. The van der Waals surface area contributed by atoms with Crippen molar-refractivity contribution in [1.82, 2.24) is 19.6 Å². The third-order valence-electron chi connectivity index (χ3n) is 7.25. The molecule has 0 aliphatic heterocycles. The smallest absolute Gasteiger partial charge is 0.320 e. The van der Waals surface area contributed by atoms with Crippen molar-refractivity contribution in [1.29, 1.82) is 0 Å². The Morgan fingerprint density at radius 2 is 0.741 bits per heavy atom. The highest BCUT2D eigenvalue weighted by molar-refractivity contribution is 5.75. The Morgan fingerprint density at radius 3 is 1.00 bits per heavy atom. The number of hydrogen-bond acceptors (Lipinski definition) is 17. The summed E-state index contributed by atoms with van der Waals surface area (Å²) in [5, 5.41) is 63.9. The number of nitro groups is 1. The summed E-state index contributed by atoms with van der Waals surface area (Å²) in [5.41, 5.74) is 7.21. The molecular weight excluding hydrogens is 780 g/mol. The summed E-state index contributed by atoms with van der Waals surface area (Å²) in [5.74, 6) is -8.77. The van der Waals surface area contributed by atoms with E-state index in [1.807, 2.05) is 0 Å². The quantitative estimate of drug-likeness (QED) is 0.0237. The fourth-order valence-corrected chi connectivity index (χ4v) is 4.68. The molecule has 0 fully saturated rings. The summed E-state index contributed by atoms with van der Waals surface area (Å²) in [6, 6.07) is 12.0. The molecule has 24 nitrogen and oxygen atoms in total. The summed E-state index contributed by atoms with van der Waals surface area (Å²) in [7, 11) is 0. The van der Waals surface area contributed by atoms with Gasteiger partial charge in [-0.05, 0) is 35.4 Å². The average molecular weight is 825 g/mol. The van der Waals surface area contributed by atoms with Crippen molar-refractivity contribution in [3.05, 3.63) is 69.8 Å². The van der Waals surface area contributed by atoms with E-state index < -0.39 is 98.5 Å². The fraction of sp³-hybridized carbons (Fsp3) is 0.412. The summed E-state index contributed by atoms with van der Waals surface area (Å²) in [6.07, 6.45) is 0. The van der Waals surface area contributed by atoms with E-state index in [-0.39, 0.29) is 51.6 Å². The summed E-state index contributed by atoms with van der Waals surface area (Å²) < 4.78 is 10.1. The molecule has 58 heavy (non-hydrogen) atoms. The van der Waals surface area contributed by atoms with Crippen LogP contribution in [0.5, 0.6) is 0 Å². The summed E-state index contributed by atoms with van der Waals surface area (Å²) in [4.78, 5) is 104. The molecule has 0 heterocycles. The molecule has 0 amide bonds. The SMILES string of the molecule is Nc1ccc(COC(=O)CN(CCN(CC(=O)O)CC(=O)O)CC(=O)O)cc1.O=C(O)CN(CCN(CC(=O)O)CC(=O)OCc1ccc([N+](=O)[O-])cc1)CC(=O)O. The first-order chi connectivity index (χ1) is 27.2. The minimum Gasteiger partial charge on any atom is -0.480 e. The van der Waals surface area contributed by atoms with Crippen molar-refractivity contribution in [2.45, 2.75) is 13.2 Å². The van der Waals surface area contributed by atoms with E-state index in [0.29, 0.717) is 16.8 Å². The van der Waals surface area contributed by atoms with Crippen LogP contribution in [-0.4, -0.2) is 181 Å². The number of benzene rings is 2. The second-order valence-electron chi connectivity index (χ2n) is 12.2. The van der Waals surface area contributed by atoms with Crippen LogP contribution in [0.2, 0.25) is 0 Å². The van der Waals surface area contributed by atoms with Gasteiger partial charge in [-0.3, -0.25) is 68.1 Å². The Hall–Kier alpha value is -6.76. The zero-order chi connectivity index (χ0) is 43.8. The van der Waals surface area contributed by atoms with Gasteiger partial charge in [-0.25, -0.2) is 0 Å². The lowest BCUT2D eigenvalue weighted by molar-refractivity contribution is -0.384. The van der Waals surface area contributed by atoms with Crippen LogP contribution in [-0.2, 0) is 61.0 Å². The first kappa shape index (κ1) is 49.3. The van der Waals surface area contributed by atoms with Crippen LogP contribution < -0.4 is 5.73 Å². The Morgan fingerprint density at radius 1 is 0.483 bits per heavy atom. The number of esters is 2. The molecule has 0 bridgehead atoms. The predicted molar refractivity (Wildman–Crippen MR) is 195 cm³/mol. The van der Waals surface area contributed by atoms with E-state index in [1.54, 1.807) is 24.3 Å². The minimum atomic E-state index is -1.25. The molecule has 2 aromatic carbocycles. The first-order valence-corrected chi connectivity index (χ1v) is 16.8. The van der Waals surface area contributed by atoms with E-state index in [9.17, 15) is 48.5 Å². The van der Waals surface area contributed by atoms with E-state index >= 15 is 0 Å². The number of carbonyl (C=O) groups excluding carboxylic acids is 2. The van der Waals surface area contributed by atoms with Gasteiger partial charge >= 0.3 is 47.8 Å². The molecule has 0 spiro atoms. The number of nitrogens with zero attached hydrogens (tertiary/aromatic N) is 5. The van der Waals surface area contributed by atoms with Crippen molar-refractivity contribution >= 4 is 59.1 Å². The predicted octanol–water partition coefficient (Wildman–Crippen LogP) is -1.33. The molecule has 0 aliphatic carbocycles. The van der Waals surface area contributed by atoms with Gasteiger partial charge in [-0.15, -0.1) is 0 Å². The second kappa shape index (κ2) is 26.2. The number of non-ortho nitro benzene ring substituents is 1. The van der Waals surface area contributed by atoms with Crippen molar-refractivity contribution in [2.75, 3.05) is 84.3 Å². The number of nitro benzene ring substituents is 1. The molecule has 0 aromatic heterocycles. The minimum absolute atomic E-state index is 0.00974. The Bertz CT molecular complexity index is 1690. The van der Waals surface area contributed by atoms with E-state index in [4.69, 9.17) is 45.8 Å². The van der Waals surface area contributed by atoms with Crippen LogP contribution in [0.25, 0.3) is 0 Å². The first-order valence-electron chi connectivity index (χ1n) is 16.8. The molecule has 0 atom stereocenters. The fourth-order valence-electron chi connectivity index (χ4n) is 4.68. The Kier molecular flexibility index (Phi) is 22.2. The number of rotatable bonds is 27. The van der Waals surface area contributed by atoms with Gasteiger partial charge in [0.15, 0.2) is 0 Å². The monoisotopic (exact) mass is 824 g/mol. The highest BCUT2D eigenvalue weighted by Crippen LogP contribution is 2.13. The van der Waals surface area contributed by atoms with Gasteiger partial charge in [0.25, 0.3) is 5.69 Å². The van der Waals surface area contributed by atoms with Crippen LogP contribution in [0.1, 0.15) is 11.1 Å². The maximum atomic E-state index is 12.0. The van der Waals surface area contributed by atoms with Crippen molar-refractivity contribution in [2.24, 2.45) is 0 Å². The van der Waals surface area contributed by atoms with Gasteiger partial charge in [0.05, 0.1) is 57.3 Å². The number of aliphatic carboxylic acids is 6. The highest BCUT2D eigenvalue weighted by atomic mass is 16.6. The summed E-state index contributed by atoms with van der Waals surface area (Å²) >= 11 is 0. The van der Waals surface area contributed by atoms with E-state index in [0.717, 1.165) is 9.80 Å². The van der Waals surface area contributed by atoms with Gasteiger partial charge in [-0.2, -0.15) is 0 Å². The molecule has 0 aliphatic rings. The number of nitrogens with two attached hydrogens (primary N) is 1. The largest absolute Gasteiger partial charge is 0.480 e. The van der Waals surface area contributed by atoms with Gasteiger partial charge in [-0.1, -0.05) is 12.1 Å². The maximum absolute atomic E-state index is 12.0. The van der Waals surface area contributed by atoms with Gasteiger partial charge in [0, 0.05) is 44.0 Å². The number of carbonyl (C=O) groups is 8. The molecule has 2 aromatic rings. The average Bonchev–Trinajstić information content (AvgIpc) is 3.10. The number of carboxylic acids is 6. The molecule has 0 saturated heterocycles. The molecule has 8 N–H and O–H groups in total. The van der Waals surface area contributed by atoms with Crippen LogP contribution in [0.15, 0.2) is 48.5 Å². The van der Waals surface area contributed by atoms with E-state index in [1.165, 1.54) is 34.1 Å². The van der Waals surface area contributed by atoms with Crippen LogP contribution in [0, 0.1) is 10.1 Å². The molecule has 0 radical (unpaired) electrons. The normalized spacial score (nSPS) is 10.8. The molecule has 0 saturated carbocycles. The second-order valence-corrected chi connectivity index (χ2v) is 12.2. The van der Waals surface area contributed by atoms with Crippen LogP contribution >= 0.6 is 0 Å². The zero-order valence-electron chi connectivity index (χ0n) is 30.9. The van der Waals surface area contributed by atoms with Crippen LogP contribution in [0.3, 0.4) is 0 Å². The number of ether oxygens (including phenoxy) is 2. The highest BCUT2D eigenvalue weighted by Gasteiger charge is 2.21. The maximum Gasteiger partial charge on any atom is 0.320 e. The summed E-state index contributed by atoms with van der Waals surface area (Å²) in [6.45, 7) is -4.37. The lowest BCUT2D eigenvalue weighted by atomic mass is 10.2. The third kappa shape index (κ3) is 23.9. The number of nitrogen functional groups attached to an aromatic ring is 1. The molecular formula is C34H44N6O18. The number of hydrogen-bond donors (Lipinski definition) is 7. The Balaban J connectivity index is 0.000000581. The topological polar surface area (TPSA) is 359 Å². The number of carboxylic acid groups (broad SMARTS) is 6. The van der Waals surface area contributed by atoms with Crippen molar-refractivity contribution < 1.29 is 83.4 Å². The Labute approximate surface area is 329 Å². The van der Waals surface area contributed by atoms with Crippen molar-refractivity contribution in [3.63, 3.8) is 0 Å². The van der Waals surface area contributed by atoms with Crippen LogP contribution in [0.4, 0.5) is 11.4 Å². The standard InChI is InChI=1S/C17H21N3O10.C17H23N3O8/c21-14(22)7-18(8-15(23)24)5-6-19(9-16(25)26)10-17(27)30-11-12-1-3-13(4-2-12)20(28)29;18-13-3-1-12(2-4-13)11-28-17(27)10-20(9-16(25)26)6-5-19(7-14(21)22)8-15(23)24/h1-4H,5-11H2,(H,21,22)(H,23,24)(H,25,26);1-4H,5-11,18H2,(H,21,22)(H,23,24)(H,25,26). The molecule has 2 rings (SSSR count).